The lowest BCUT2D eigenvalue weighted by Gasteiger charge is -2.24. The van der Waals surface area contributed by atoms with Gasteiger partial charge in [0.1, 0.15) is 0 Å². The van der Waals surface area contributed by atoms with E-state index in [0.29, 0.717) is 6.04 Å². The summed E-state index contributed by atoms with van der Waals surface area (Å²) < 4.78 is 0. The Morgan fingerprint density at radius 3 is 2.64 bits per heavy atom. The molecule has 1 unspecified atom stereocenters. The molecule has 1 aliphatic heterocycles. The van der Waals surface area contributed by atoms with Gasteiger partial charge in [-0.25, -0.2) is 0 Å². The predicted molar refractivity (Wildman–Crippen MR) is 56.3 cm³/mol. The highest BCUT2D eigenvalue weighted by molar-refractivity contribution is 5.73. The van der Waals surface area contributed by atoms with Gasteiger partial charge in [-0.1, -0.05) is 0 Å². The molecule has 0 aliphatic carbocycles. The first-order chi connectivity index (χ1) is 6.43. The summed E-state index contributed by atoms with van der Waals surface area (Å²) in [6.07, 6.45) is 4.27. The van der Waals surface area contributed by atoms with Gasteiger partial charge < -0.3 is 10.0 Å². The van der Waals surface area contributed by atoms with Crippen molar-refractivity contribution in [2.24, 2.45) is 5.41 Å². The third kappa shape index (κ3) is 2.71. The Hall–Kier alpha value is -0.570. The van der Waals surface area contributed by atoms with Gasteiger partial charge in [-0.05, 0) is 53.1 Å². The lowest BCUT2D eigenvalue weighted by molar-refractivity contribution is -0.147. The van der Waals surface area contributed by atoms with Crippen LogP contribution in [0, 0.1) is 5.41 Å². The molecule has 3 nitrogen and oxygen atoms in total. The van der Waals surface area contributed by atoms with Gasteiger partial charge in [0.15, 0.2) is 0 Å². The van der Waals surface area contributed by atoms with Gasteiger partial charge in [0.25, 0.3) is 0 Å². The van der Waals surface area contributed by atoms with Crippen molar-refractivity contribution < 1.29 is 9.90 Å². The van der Waals surface area contributed by atoms with Crippen LogP contribution in [-0.2, 0) is 4.79 Å². The molecule has 1 aliphatic rings. The van der Waals surface area contributed by atoms with Crippen molar-refractivity contribution >= 4 is 5.97 Å². The maximum absolute atomic E-state index is 10.9. The summed E-state index contributed by atoms with van der Waals surface area (Å²) in [5, 5.41) is 8.97. The van der Waals surface area contributed by atoms with Crippen molar-refractivity contribution in [2.45, 2.75) is 45.6 Å². The summed E-state index contributed by atoms with van der Waals surface area (Å²) in [6.45, 7) is 4.78. The molecule has 1 heterocycles. The van der Waals surface area contributed by atoms with Crippen LogP contribution in [0.3, 0.4) is 0 Å². The quantitative estimate of drug-likeness (QED) is 0.752. The minimum Gasteiger partial charge on any atom is -0.481 e. The van der Waals surface area contributed by atoms with Crippen molar-refractivity contribution in [3.63, 3.8) is 0 Å². The molecule has 1 fully saturated rings. The van der Waals surface area contributed by atoms with E-state index in [-0.39, 0.29) is 0 Å². The fourth-order valence-corrected chi connectivity index (χ4v) is 1.98. The normalized spacial score (nSPS) is 24.1. The van der Waals surface area contributed by atoms with E-state index >= 15 is 0 Å². The molecule has 0 saturated carbocycles. The Balaban J connectivity index is 2.36. The van der Waals surface area contributed by atoms with E-state index in [1.165, 1.54) is 12.8 Å². The fourth-order valence-electron chi connectivity index (χ4n) is 1.98. The first-order valence-corrected chi connectivity index (χ1v) is 5.37. The van der Waals surface area contributed by atoms with Gasteiger partial charge in [0, 0.05) is 6.04 Å². The Morgan fingerprint density at radius 1 is 1.57 bits per heavy atom. The van der Waals surface area contributed by atoms with Gasteiger partial charge in [-0.3, -0.25) is 4.79 Å². The lowest BCUT2D eigenvalue weighted by Crippen LogP contribution is -2.29. The summed E-state index contributed by atoms with van der Waals surface area (Å²) >= 11 is 0. The number of carboxylic acids is 1. The van der Waals surface area contributed by atoms with Gasteiger partial charge in [0.05, 0.1) is 5.41 Å². The largest absolute Gasteiger partial charge is 0.481 e. The van der Waals surface area contributed by atoms with E-state index in [9.17, 15) is 4.79 Å². The molecule has 0 spiro atoms. The average Bonchev–Trinajstić information content (AvgIpc) is 2.47. The first kappa shape index (κ1) is 11.5. The second-order valence-corrected chi connectivity index (χ2v) is 5.00. The van der Waals surface area contributed by atoms with Gasteiger partial charge in [0.2, 0.25) is 0 Å². The second kappa shape index (κ2) is 4.30. The zero-order chi connectivity index (χ0) is 10.8. The highest BCUT2D eigenvalue weighted by Gasteiger charge is 2.29. The standard InChI is InChI=1S/C11H21NO2/c1-11(2,10(13)14)7-6-9-5-4-8-12(9)3/h9H,4-8H2,1-3H3,(H,13,14). The van der Waals surface area contributed by atoms with Crippen LogP contribution >= 0.6 is 0 Å². The van der Waals surface area contributed by atoms with Gasteiger partial charge in [-0.2, -0.15) is 0 Å². The molecule has 0 radical (unpaired) electrons. The summed E-state index contributed by atoms with van der Waals surface area (Å²) in [4.78, 5) is 13.2. The lowest BCUT2D eigenvalue weighted by atomic mass is 9.86. The van der Waals surface area contributed by atoms with Crippen LogP contribution in [0.1, 0.15) is 39.5 Å². The molecule has 1 N–H and O–H groups in total. The summed E-state index contributed by atoms with van der Waals surface area (Å²) in [5.41, 5.74) is -0.566. The van der Waals surface area contributed by atoms with Crippen molar-refractivity contribution in [2.75, 3.05) is 13.6 Å². The van der Waals surface area contributed by atoms with Crippen LogP contribution in [0.4, 0.5) is 0 Å². The van der Waals surface area contributed by atoms with Crippen molar-refractivity contribution in [3.8, 4) is 0 Å². The van der Waals surface area contributed by atoms with Crippen LogP contribution in [0.2, 0.25) is 0 Å². The number of nitrogens with zero attached hydrogens (tertiary/aromatic N) is 1. The van der Waals surface area contributed by atoms with Crippen molar-refractivity contribution in [3.05, 3.63) is 0 Å². The Bertz CT molecular complexity index is 213. The number of aliphatic carboxylic acids is 1. The third-order valence-corrected chi connectivity index (χ3v) is 3.35. The Labute approximate surface area is 86.1 Å². The molecule has 0 aromatic rings. The van der Waals surface area contributed by atoms with Crippen molar-refractivity contribution in [1.29, 1.82) is 0 Å². The summed E-state index contributed by atoms with van der Waals surface area (Å²) in [7, 11) is 2.13. The van der Waals surface area contributed by atoms with Crippen LogP contribution in [0.25, 0.3) is 0 Å². The van der Waals surface area contributed by atoms with Gasteiger partial charge in [-0.15, -0.1) is 0 Å². The van der Waals surface area contributed by atoms with E-state index in [0.717, 1.165) is 19.4 Å². The topological polar surface area (TPSA) is 40.5 Å². The minimum atomic E-state index is -0.682. The van der Waals surface area contributed by atoms with Gasteiger partial charge >= 0.3 is 5.97 Å². The molecule has 82 valence electrons. The van der Waals surface area contributed by atoms with E-state index in [4.69, 9.17) is 5.11 Å². The van der Waals surface area contributed by atoms with Crippen LogP contribution in [0.15, 0.2) is 0 Å². The summed E-state index contributed by atoms with van der Waals surface area (Å²) in [5.74, 6) is -0.682. The SMILES string of the molecule is CN1CCCC1CCC(C)(C)C(=O)O. The molecule has 14 heavy (non-hydrogen) atoms. The number of rotatable bonds is 4. The highest BCUT2D eigenvalue weighted by Crippen LogP contribution is 2.27. The second-order valence-electron chi connectivity index (χ2n) is 5.00. The predicted octanol–water partition coefficient (Wildman–Crippen LogP) is 1.97. The molecular weight excluding hydrogens is 178 g/mol. The molecule has 1 saturated heterocycles. The fraction of sp³-hybridized carbons (Fsp3) is 0.909. The van der Waals surface area contributed by atoms with Crippen LogP contribution in [0.5, 0.6) is 0 Å². The number of hydrogen-bond donors (Lipinski definition) is 1. The average molecular weight is 199 g/mol. The smallest absolute Gasteiger partial charge is 0.309 e. The monoisotopic (exact) mass is 199 g/mol. The van der Waals surface area contributed by atoms with E-state index in [1.807, 2.05) is 13.8 Å². The maximum atomic E-state index is 10.9. The Morgan fingerprint density at radius 2 is 2.21 bits per heavy atom. The molecule has 0 bridgehead atoms. The highest BCUT2D eigenvalue weighted by atomic mass is 16.4. The Kier molecular flexibility index (Phi) is 3.53. The first-order valence-electron chi connectivity index (χ1n) is 5.37. The summed E-state index contributed by atoms with van der Waals surface area (Å²) in [6, 6.07) is 0.605. The van der Waals surface area contributed by atoms with E-state index in [1.54, 1.807) is 0 Å². The van der Waals surface area contributed by atoms with Crippen LogP contribution in [-0.4, -0.2) is 35.6 Å². The zero-order valence-corrected chi connectivity index (χ0v) is 9.42. The molecule has 1 atom stereocenters. The number of hydrogen-bond acceptors (Lipinski definition) is 2. The molecule has 1 rings (SSSR count). The minimum absolute atomic E-state index is 0.566. The van der Waals surface area contributed by atoms with E-state index in [2.05, 4.69) is 11.9 Å². The number of carboxylic acid groups (broad SMARTS) is 1. The third-order valence-electron chi connectivity index (χ3n) is 3.35. The maximum Gasteiger partial charge on any atom is 0.309 e. The molecule has 0 amide bonds. The number of carbonyl (C=O) groups is 1. The molecule has 3 heteroatoms. The van der Waals surface area contributed by atoms with Crippen LogP contribution < -0.4 is 0 Å². The molecule has 0 aromatic heterocycles. The zero-order valence-electron chi connectivity index (χ0n) is 9.42. The molecule has 0 aromatic carbocycles. The van der Waals surface area contributed by atoms with Crippen molar-refractivity contribution in [1.82, 2.24) is 4.90 Å². The van der Waals surface area contributed by atoms with E-state index < -0.39 is 11.4 Å². The molecular formula is C11H21NO2. The number of likely N-dealkylation sites (tertiary alicyclic amines) is 1.